The summed E-state index contributed by atoms with van der Waals surface area (Å²) in [5, 5.41) is 20.6. The molecule has 1 saturated heterocycles. The monoisotopic (exact) mass is 318 g/mol. The fourth-order valence-corrected chi connectivity index (χ4v) is 6.36. The van der Waals surface area contributed by atoms with E-state index in [1.54, 1.807) is 0 Å². The van der Waals surface area contributed by atoms with Gasteiger partial charge in [-0.2, -0.15) is 0 Å². The molecule has 3 fully saturated rings. The maximum atomic E-state index is 10.5. The van der Waals surface area contributed by atoms with Crippen LogP contribution in [0.5, 0.6) is 0 Å². The molecule has 4 aliphatic rings. The topological polar surface area (TPSA) is 49.7 Å². The number of aliphatic hydroxyl groups excluding tert-OH is 2. The van der Waals surface area contributed by atoms with Gasteiger partial charge in [0.2, 0.25) is 0 Å². The Bertz CT molecular complexity index is 553. The zero-order valence-electron chi connectivity index (χ0n) is 14.4. The Labute approximate surface area is 139 Å². The molecule has 3 heteroatoms. The molecule has 2 saturated carbocycles. The molecule has 0 spiro atoms. The van der Waals surface area contributed by atoms with Gasteiger partial charge in [-0.25, -0.2) is 0 Å². The summed E-state index contributed by atoms with van der Waals surface area (Å²) in [6, 6.07) is 0. The smallest absolute Gasteiger partial charge is 0.0858 e. The molecule has 0 bridgehead atoms. The van der Waals surface area contributed by atoms with E-state index >= 15 is 0 Å². The van der Waals surface area contributed by atoms with Gasteiger partial charge >= 0.3 is 0 Å². The molecule has 0 amide bonds. The molecule has 23 heavy (non-hydrogen) atoms. The summed E-state index contributed by atoms with van der Waals surface area (Å²) in [4.78, 5) is 0. The van der Waals surface area contributed by atoms with E-state index in [4.69, 9.17) is 4.74 Å². The van der Waals surface area contributed by atoms with Crippen LogP contribution in [0, 0.1) is 28.6 Å². The van der Waals surface area contributed by atoms with Crippen LogP contribution < -0.4 is 0 Å². The number of aliphatic hydroxyl groups is 2. The second-order valence-corrected chi connectivity index (χ2v) is 8.84. The van der Waals surface area contributed by atoms with Gasteiger partial charge in [-0.3, -0.25) is 0 Å². The molecule has 0 radical (unpaired) electrons. The van der Waals surface area contributed by atoms with Crippen LogP contribution >= 0.6 is 0 Å². The predicted octanol–water partition coefficient (Wildman–Crippen LogP) is 3.07. The quantitative estimate of drug-likeness (QED) is 0.731. The Hall–Kier alpha value is -0.640. The van der Waals surface area contributed by atoms with Gasteiger partial charge in [0.25, 0.3) is 0 Å². The highest BCUT2D eigenvalue weighted by atomic mass is 16.5. The largest absolute Gasteiger partial charge is 0.396 e. The first-order chi connectivity index (χ1) is 10.9. The first-order valence-electron chi connectivity index (χ1n) is 9.20. The van der Waals surface area contributed by atoms with E-state index in [-0.39, 0.29) is 29.6 Å². The lowest BCUT2D eigenvalue weighted by Gasteiger charge is -2.60. The van der Waals surface area contributed by atoms with Crippen LogP contribution in [0.3, 0.4) is 0 Å². The van der Waals surface area contributed by atoms with E-state index in [0.717, 1.165) is 19.3 Å². The molecular weight excluding hydrogens is 288 g/mol. The standard InChI is InChI=1S/C20H30O3/c1-12-10-23-18-13(12)4-6-15-14(18)5-7-16-19(15,2)9-8-17(22)20(16,3)11-21/h5,13,15-18,21-22H,1,4,6-11H2,2-3H3. The zero-order chi connectivity index (χ0) is 16.4. The SMILES string of the molecule is C=C1COC2C3=CCC4C(C)(CO)C(O)CCC4(C)C3CCC12. The van der Waals surface area contributed by atoms with Crippen LogP contribution in [0.4, 0.5) is 0 Å². The van der Waals surface area contributed by atoms with Gasteiger partial charge in [0.15, 0.2) is 0 Å². The Kier molecular flexibility index (Phi) is 3.57. The van der Waals surface area contributed by atoms with E-state index in [1.165, 1.54) is 24.0 Å². The molecule has 1 heterocycles. The molecule has 0 aromatic heterocycles. The van der Waals surface area contributed by atoms with Crippen molar-refractivity contribution in [1.29, 1.82) is 0 Å². The average Bonchev–Trinajstić information content (AvgIpc) is 2.93. The molecule has 0 aromatic carbocycles. The number of hydrogen-bond acceptors (Lipinski definition) is 3. The summed E-state index contributed by atoms with van der Waals surface area (Å²) in [5.41, 5.74) is 2.54. The van der Waals surface area contributed by atoms with Crippen molar-refractivity contribution in [2.45, 2.75) is 58.2 Å². The Morgan fingerprint density at radius 1 is 1.30 bits per heavy atom. The van der Waals surface area contributed by atoms with Crippen molar-refractivity contribution >= 4 is 0 Å². The van der Waals surface area contributed by atoms with Crippen LogP contribution in [0.25, 0.3) is 0 Å². The number of fused-ring (bicyclic) bond motifs is 5. The first kappa shape index (κ1) is 15.9. The fourth-order valence-electron chi connectivity index (χ4n) is 6.36. The van der Waals surface area contributed by atoms with Gasteiger partial charge in [-0.15, -0.1) is 0 Å². The van der Waals surface area contributed by atoms with Crippen LogP contribution in [-0.4, -0.2) is 35.6 Å². The Balaban J connectivity index is 1.72. The fraction of sp³-hybridized carbons (Fsp3) is 0.800. The van der Waals surface area contributed by atoms with Crippen LogP contribution in [0.15, 0.2) is 23.8 Å². The van der Waals surface area contributed by atoms with Gasteiger partial charge in [0, 0.05) is 11.3 Å². The maximum Gasteiger partial charge on any atom is 0.0858 e. The van der Waals surface area contributed by atoms with Gasteiger partial charge in [-0.05, 0) is 60.5 Å². The van der Waals surface area contributed by atoms with Crippen LogP contribution in [-0.2, 0) is 4.74 Å². The minimum absolute atomic E-state index is 0.0731. The lowest BCUT2D eigenvalue weighted by molar-refractivity contribution is -0.149. The second-order valence-electron chi connectivity index (χ2n) is 8.84. The summed E-state index contributed by atoms with van der Waals surface area (Å²) in [7, 11) is 0. The van der Waals surface area contributed by atoms with Gasteiger partial charge in [-0.1, -0.05) is 26.5 Å². The molecule has 128 valence electrons. The Morgan fingerprint density at radius 2 is 2.09 bits per heavy atom. The predicted molar refractivity (Wildman–Crippen MR) is 89.8 cm³/mol. The Morgan fingerprint density at radius 3 is 2.83 bits per heavy atom. The van der Waals surface area contributed by atoms with Crippen molar-refractivity contribution in [1.82, 2.24) is 0 Å². The highest BCUT2D eigenvalue weighted by molar-refractivity contribution is 5.31. The highest BCUT2D eigenvalue weighted by Gasteiger charge is 2.59. The minimum atomic E-state index is -0.389. The average molecular weight is 318 g/mol. The lowest BCUT2D eigenvalue weighted by Crippen LogP contribution is -2.58. The van der Waals surface area contributed by atoms with Crippen molar-refractivity contribution < 1.29 is 14.9 Å². The van der Waals surface area contributed by atoms with E-state index in [2.05, 4.69) is 26.5 Å². The molecule has 0 aromatic rings. The third-order valence-electron chi connectivity index (χ3n) is 7.87. The molecule has 1 aliphatic heterocycles. The van der Waals surface area contributed by atoms with Crippen LogP contribution in [0.2, 0.25) is 0 Å². The molecule has 3 aliphatic carbocycles. The van der Waals surface area contributed by atoms with Crippen molar-refractivity contribution in [2.24, 2.45) is 28.6 Å². The lowest BCUT2D eigenvalue weighted by atomic mass is 9.45. The third-order valence-corrected chi connectivity index (χ3v) is 7.87. The molecule has 7 unspecified atom stereocenters. The normalized spacial score (nSPS) is 52.4. The molecule has 4 rings (SSSR count). The van der Waals surface area contributed by atoms with E-state index in [1.807, 2.05) is 0 Å². The molecule has 3 nitrogen and oxygen atoms in total. The van der Waals surface area contributed by atoms with Crippen molar-refractivity contribution in [3.63, 3.8) is 0 Å². The van der Waals surface area contributed by atoms with Crippen molar-refractivity contribution in [3.05, 3.63) is 23.8 Å². The van der Waals surface area contributed by atoms with Gasteiger partial charge in [0.1, 0.15) is 0 Å². The van der Waals surface area contributed by atoms with E-state index in [9.17, 15) is 10.2 Å². The van der Waals surface area contributed by atoms with E-state index in [0.29, 0.717) is 24.4 Å². The maximum absolute atomic E-state index is 10.5. The summed E-state index contributed by atoms with van der Waals surface area (Å²) in [6.45, 7) is 9.47. The highest BCUT2D eigenvalue weighted by Crippen LogP contribution is 2.63. The number of ether oxygens (including phenoxy) is 1. The second kappa shape index (κ2) is 5.18. The number of rotatable bonds is 1. The van der Waals surface area contributed by atoms with Crippen molar-refractivity contribution in [3.8, 4) is 0 Å². The number of hydrogen-bond donors (Lipinski definition) is 2. The van der Waals surface area contributed by atoms with E-state index < -0.39 is 0 Å². The first-order valence-corrected chi connectivity index (χ1v) is 9.20. The summed E-state index contributed by atoms with van der Waals surface area (Å²) < 4.78 is 6.10. The summed E-state index contributed by atoms with van der Waals surface area (Å²) in [6.07, 6.45) is 7.41. The van der Waals surface area contributed by atoms with Crippen LogP contribution in [0.1, 0.15) is 46.0 Å². The zero-order valence-corrected chi connectivity index (χ0v) is 14.4. The van der Waals surface area contributed by atoms with Gasteiger partial charge < -0.3 is 14.9 Å². The minimum Gasteiger partial charge on any atom is -0.396 e. The van der Waals surface area contributed by atoms with Crippen molar-refractivity contribution in [2.75, 3.05) is 13.2 Å². The van der Waals surface area contributed by atoms with Gasteiger partial charge in [0.05, 0.1) is 25.4 Å². The third kappa shape index (κ3) is 1.99. The summed E-state index contributed by atoms with van der Waals surface area (Å²) in [5.74, 6) is 1.39. The molecule has 7 atom stereocenters. The summed E-state index contributed by atoms with van der Waals surface area (Å²) >= 11 is 0. The molecule has 2 N–H and O–H groups in total. The molecular formula is C20H30O3. The number of allylic oxidation sites excluding steroid dienone is 1.